The number of para-hydroxylation sites is 1. The lowest BCUT2D eigenvalue weighted by atomic mass is 10.1. The van der Waals surface area contributed by atoms with Gasteiger partial charge in [-0.1, -0.05) is 42.5 Å². The van der Waals surface area contributed by atoms with Crippen molar-refractivity contribution in [2.75, 3.05) is 0 Å². The van der Waals surface area contributed by atoms with Gasteiger partial charge in [0.2, 0.25) is 0 Å². The van der Waals surface area contributed by atoms with Crippen molar-refractivity contribution in [1.29, 1.82) is 0 Å². The van der Waals surface area contributed by atoms with Crippen LogP contribution in [0, 0.1) is 10.8 Å². The van der Waals surface area contributed by atoms with Crippen molar-refractivity contribution in [3.8, 4) is 0 Å². The van der Waals surface area contributed by atoms with Gasteiger partial charge in [-0.25, -0.2) is 0 Å². The molecule has 2 aromatic rings. The van der Waals surface area contributed by atoms with Crippen LogP contribution in [0.2, 0.25) is 0 Å². The first-order valence-corrected chi connectivity index (χ1v) is 7.48. The molecule has 0 radical (unpaired) electrons. The van der Waals surface area contributed by atoms with Crippen LogP contribution in [0.1, 0.15) is 28.8 Å². The zero-order chi connectivity index (χ0) is 16.2. The molecule has 0 bridgehead atoms. The number of nitroso groups, excluding NO2 is 1. The van der Waals surface area contributed by atoms with E-state index >= 15 is 0 Å². The Morgan fingerprint density at radius 3 is 2.35 bits per heavy atom. The maximum Gasteiger partial charge on any atom is 0.651 e. The lowest BCUT2D eigenvalue weighted by Crippen LogP contribution is -2.17. The van der Waals surface area contributed by atoms with E-state index in [1.54, 1.807) is 30.3 Å². The number of hydrogen-bond donors (Lipinski definition) is 0. The summed E-state index contributed by atoms with van der Waals surface area (Å²) in [5.41, 5.74) is 1.11. The molecule has 0 atom stereocenters. The van der Waals surface area contributed by atoms with Crippen LogP contribution < -0.4 is 0 Å². The van der Waals surface area contributed by atoms with E-state index in [-0.39, 0.29) is 34.3 Å². The summed E-state index contributed by atoms with van der Waals surface area (Å²) in [5, 5.41) is 0. The first-order valence-electron chi connectivity index (χ1n) is 7.48. The number of carbonyl (C=O) groups excluding carboxylic acids is 2. The normalized spacial score (nSPS) is 13.4. The summed E-state index contributed by atoms with van der Waals surface area (Å²) in [6.07, 6.45) is 0.652. The van der Waals surface area contributed by atoms with E-state index < -0.39 is 6.09 Å². The van der Waals surface area contributed by atoms with Crippen LogP contribution in [0.25, 0.3) is 0 Å². The number of ether oxygens (including phenoxy) is 1. The molecule has 0 spiro atoms. The number of hydrogen-bond acceptors (Lipinski definition) is 4. The molecule has 1 aliphatic carbocycles. The van der Waals surface area contributed by atoms with Crippen LogP contribution in [-0.2, 0) is 11.3 Å². The van der Waals surface area contributed by atoms with Gasteiger partial charge in [0.15, 0.2) is 10.5 Å². The number of nitrogens with zero attached hydrogens (tertiary/aromatic N) is 1. The van der Waals surface area contributed by atoms with Gasteiger partial charge in [0.05, 0.1) is 5.56 Å². The van der Waals surface area contributed by atoms with Crippen molar-refractivity contribution in [1.82, 2.24) is 0 Å². The molecule has 0 aromatic heterocycles. The second-order valence-corrected chi connectivity index (χ2v) is 5.49. The molecule has 0 heterocycles. The van der Waals surface area contributed by atoms with Crippen molar-refractivity contribution in [2.45, 2.75) is 19.4 Å². The van der Waals surface area contributed by atoms with Crippen LogP contribution in [0.15, 0.2) is 54.6 Å². The van der Waals surface area contributed by atoms with Gasteiger partial charge in [-0.3, -0.25) is 4.79 Å². The third-order valence-corrected chi connectivity index (χ3v) is 3.71. The minimum absolute atomic E-state index is 0.0111. The summed E-state index contributed by atoms with van der Waals surface area (Å²) in [6, 6.07) is 15.4. The van der Waals surface area contributed by atoms with E-state index in [0.717, 1.165) is 18.4 Å². The highest BCUT2D eigenvalue weighted by Crippen LogP contribution is 2.35. The van der Waals surface area contributed by atoms with Crippen LogP contribution in [0.4, 0.5) is 10.5 Å². The van der Waals surface area contributed by atoms with Crippen LogP contribution in [-0.4, -0.2) is 16.6 Å². The van der Waals surface area contributed by atoms with Crippen molar-refractivity contribution in [3.05, 3.63) is 70.6 Å². The molecule has 0 saturated heterocycles. The van der Waals surface area contributed by atoms with E-state index in [9.17, 15) is 14.5 Å². The summed E-state index contributed by atoms with van der Waals surface area (Å²) in [7, 11) is 0. The van der Waals surface area contributed by atoms with Crippen LogP contribution in [0.3, 0.4) is 0 Å². The maximum absolute atomic E-state index is 12.2. The highest BCUT2D eigenvalue weighted by atomic mass is 16.6. The molecule has 5 nitrogen and oxygen atoms in total. The van der Waals surface area contributed by atoms with E-state index in [1.165, 1.54) is 6.07 Å². The van der Waals surface area contributed by atoms with Crippen molar-refractivity contribution in [2.24, 2.45) is 5.92 Å². The predicted molar refractivity (Wildman–Crippen MR) is 83.4 cm³/mol. The number of Topliss-reactive ketones (excluding diaryl/α,β-unsaturated/α-hetero) is 1. The molecular formula is C18H16NO4+. The van der Waals surface area contributed by atoms with Gasteiger partial charge in [-0.05, 0) is 24.5 Å². The van der Waals surface area contributed by atoms with Gasteiger partial charge in [-0.2, -0.15) is 4.79 Å². The first kappa shape index (κ1) is 15.1. The maximum atomic E-state index is 12.2. The lowest BCUT2D eigenvalue weighted by Gasteiger charge is -2.01. The van der Waals surface area contributed by atoms with Crippen molar-refractivity contribution in [3.63, 3.8) is 0 Å². The molecule has 0 unspecified atom stereocenters. The van der Waals surface area contributed by atoms with E-state index in [4.69, 9.17) is 4.74 Å². The third-order valence-electron chi connectivity index (χ3n) is 3.71. The Balaban J connectivity index is 1.72. The molecule has 1 saturated carbocycles. The smallest absolute Gasteiger partial charge is 0.403 e. The number of rotatable bonds is 5. The van der Waals surface area contributed by atoms with Gasteiger partial charge in [0.1, 0.15) is 6.61 Å². The Kier molecular flexibility index (Phi) is 4.28. The van der Waals surface area contributed by atoms with Crippen LogP contribution >= 0.6 is 0 Å². The molecular weight excluding hydrogens is 294 g/mol. The number of benzene rings is 2. The van der Waals surface area contributed by atoms with Gasteiger partial charge >= 0.3 is 6.09 Å². The van der Waals surface area contributed by atoms with Gasteiger partial charge in [-0.15, -0.1) is 0 Å². The third kappa shape index (κ3) is 3.51. The monoisotopic (exact) mass is 310 g/mol. The number of ketones is 1. The Bertz CT molecular complexity index is 751. The second-order valence-electron chi connectivity index (χ2n) is 5.49. The minimum Gasteiger partial charge on any atom is -0.403 e. The van der Waals surface area contributed by atoms with Crippen molar-refractivity contribution >= 4 is 17.6 Å². The lowest BCUT2D eigenvalue weighted by molar-refractivity contribution is -0.380. The highest BCUT2D eigenvalue weighted by molar-refractivity contribution is 6.02. The fourth-order valence-electron chi connectivity index (χ4n) is 2.30. The fraction of sp³-hybridized carbons (Fsp3) is 0.222. The summed E-state index contributed by atoms with van der Waals surface area (Å²) in [5.74, 6) is -0.109. The SMILES string of the molecule is O=C(c1ccccc1[N+](=O)C(=O)OCc1ccccc1)C1CC1. The van der Waals surface area contributed by atoms with Crippen molar-refractivity contribution < 1.29 is 19.1 Å². The summed E-state index contributed by atoms with van der Waals surface area (Å²) in [6.45, 7) is 0.0111. The van der Waals surface area contributed by atoms with Gasteiger partial charge < -0.3 is 4.74 Å². The van der Waals surface area contributed by atoms with E-state index in [2.05, 4.69) is 0 Å². The zero-order valence-electron chi connectivity index (χ0n) is 12.5. The zero-order valence-corrected chi connectivity index (χ0v) is 12.5. The molecule has 116 valence electrons. The molecule has 5 heteroatoms. The topological polar surface area (TPSA) is 63.5 Å². The second kappa shape index (κ2) is 6.52. The molecule has 3 rings (SSSR count). The Morgan fingerprint density at radius 2 is 1.65 bits per heavy atom. The predicted octanol–water partition coefficient (Wildman–Crippen LogP) is 4.03. The molecule has 0 aliphatic heterocycles. The average Bonchev–Trinajstić information content (AvgIpc) is 3.44. The summed E-state index contributed by atoms with van der Waals surface area (Å²) in [4.78, 5) is 36.4. The molecule has 2 aromatic carbocycles. The Hall–Kier alpha value is -2.82. The van der Waals surface area contributed by atoms with Gasteiger partial charge in [0, 0.05) is 16.9 Å². The molecule has 1 amide bonds. The Labute approximate surface area is 133 Å². The fourth-order valence-corrected chi connectivity index (χ4v) is 2.30. The number of carbonyl (C=O) groups is 2. The number of amides is 1. The summed E-state index contributed by atoms with van der Waals surface area (Å²) < 4.78 is 5.17. The molecule has 0 N–H and O–H groups in total. The van der Waals surface area contributed by atoms with Gasteiger partial charge in [0.25, 0.3) is 5.69 Å². The van der Waals surface area contributed by atoms with E-state index in [1.807, 2.05) is 18.2 Å². The average molecular weight is 310 g/mol. The largest absolute Gasteiger partial charge is 0.651 e. The minimum atomic E-state index is -1.02. The summed E-state index contributed by atoms with van der Waals surface area (Å²) >= 11 is 0. The quantitative estimate of drug-likeness (QED) is 0.618. The van der Waals surface area contributed by atoms with Crippen LogP contribution in [0.5, 0.6) is 0 Å². The molecule has 1 fully saturated rings. The first-order chi connectivity index (χ1) is 11.2. The standard InChI is InChI=1S/C18H16NO4/c20-17(14-10-11-14)15-8-4-5-9-16(15)19(22)18(21)23-12-13-6-2-1-3-7-13/h1-9,14H,10-12H2/q+1. The van der Waals surface area contributed by atoms with E-state index in [0.29, 0.717) is 0 Å². The Morgan fingerprint density at radius 1 is 1.00 bits per heavy atom. The molecule has 23 heavy (non-hydrogen) atoms. The molecule has 1 aliphatic rings. The highest BCUT2D eigenvalue weighted by Gasteiger charge is 2.38.